The summed E-state index contributed by atoms with van der Waals surface area (Å²) < 4.78 is 27.3. The summed E-state index contributed by atoms with van der Waals surface area (Å²) in [4.78, 5) is 10.8. The summed E-state index contributed by atoms with van der Waals surface area (Å²) in [7, 11) is 0. The lowest BCUT2D eigenvalue weighted by molar-refractivity contribution is 0.112. The van der Waals surface area contributed by atoms with E-state index in [-0.39, 0.29) is 16.7 Å². The van der Waals surface area contributed by atoms with Crippen molar-refractivity contribution < 1.29 is 18.7 Å². The average molecular weight is 234 g/mol. The molecule has 0 heterocycles. The Morgan fingerprint density at radius 1 is 1.06 bits per heavy atom. The topological polar surface area (TPSA) is 37.3 Å². The molecule has 0 aliphatic heterocycles. The third kappa shape index (κ3) is 1.89. The van der Waals surface area contributed by atoms with Crippen LogP contribution in [0.2, 0.25) is 0 Å². The molecule has 1 N–H and O–H groups in total. The van der Waals surface area contributed by atoms with E-state index in [2.05, 4.69) is 0 Å². The molecule has 17 heavy (non-hydrogen) atoms. The number of benzene rings is 2. The maximum atomic E-state index is 13.7. The molecule has 0 saturated carbocycles. The number of rotatable bonds is 2. The minimum Gasteiger partial charge on any atom is -0.505 e. The molecule has 0 spiro atoms. The van der Waals surface area contributed by atoms with Crippen LogP contribution >= 0.6 is 0 Å². The van der Waals surface area contributed by atoms with Crippen molar-refractivity contribution in [2.45, 2.75) is 0 Å². The highest BCUT2D eigenvalue weighted by atomic mass is 19.1. The monoisotopic (exact) mass is 234 g/mol. The second-order valence-electron chi connectivity index (χ2n) is 3.46. The molecule has 0 atom stereocenters. The van der Waals surface area contributed by atoms with Crippen LogP contribution in [0.25, 0.3) is 11.1 Å². The van der Waals surface area contributed by atoms with E-state index in [1.807, 2.05) is 0 Å². The SMILES string of the molecule is O=Cc1cccc(F)c1-c1cccc(O)c1F. The lowest BCUT2D eigenvalue weighted by Gasteiger charge is -2.08. The van der Waals surface area contributed by atoms with E-state index in [0.717, 1.165) is 12.1 Å². The molecule has 0 bridgehead atoms. The summed E-state index contributed by atoms with van der Waals surface area (Å²) >= 11 is 0. The Kier molecular flexibility index (Phi) is 2.87. The molecule has 86 valence electrons. The summed E-state index contributed by atoms with van der Waals surface area (Å²) in [5.41, 5.74) is -0.240. The standard InChI is InChI=1S/C13H8F2O2/c14-10-5-1-3-8(7-16)12(10)9-4-2-6-11(17)13(9)15/h1-7,17H. The maximum Gasteiger partial charge on any atom is 0.172 e. The molecule has 2 aromatic rings. The molecule has 0 aliphatic rings. The van der Waals surface area contributed by atoms with Crippen LogP contribution in [0.4, 0.5) is 8.78 Å². The van der Waals surface area contributed by atoms with Crippen molar-refractivity contribution in [2.75, 3.05) is 0 Å². The first kappa shape index (κ1) is 11.3. The Bertz CT molecular complexity index is 580. The predicted octanol–water partition coefficient (Wildman–Crippen LogP) is 3.15. The number of hydrogen-bond acceptors (Lipinski definition) is 2. The van der Waals surface area contributed by atoms with Gasteiger partial charge >= 0.3 is 0 Å². The maximum absolute atomic E-state index is 13.7. The van der Waals surface area contributed by atoms with Crippen molar-refractivity contribution in [3.05, 3.63) is 53.6 Å². The number of carbonyl (C=O) groups excluding carboxylic acids is 1. The van der Waals surface area contributed by atoms with Gasteiger partial charge in [0.15, 0.2) is 17.9 Å². The van der Waals surface area contributed by atoms with Gasteiger partial charge in [-0.1, -0.05) is 24.3 Å². The first-order valence-electron chi connectivity index (χ1n) is 4.86. The Balaban J connectivity index is 2.76. The van der Waals surface area contributed by atoms with Crippen molar-refractivity contribution in [1.29, 1.82) is 0 Å². The van der Waals surface area contributed by atoms with Crippen LogP contribution in [0.15, 0.2) is 36.4 Å². The fourth-order valence-corrected chi connectivity index (χ4v) is 1.64. The highest BCUT2D eigenvalue weighted by molar-refractivity contribution is 5.88. The minimum atomic E-state index is -0.944. The highest BCUT2D eigenvalue weighted by Gasteiger charge is 2.16. The summed E-state index contributed by atoms with van der Waals surface area (Å²) in [6.45, 7) is 0. The van der Waals surface area contributed by atoms with E-state index in [4.69, 9.17) is 0 Å². The molecule has 4 heteroatoms. The van der Waals surface area contributed by atoms with Crippen LogP contribution in [0.1, 0.15) is 10.4 Å². The summed E-state index contributed by atoms with van der Waals surface area (Å²) in [6.07, 6.45) is 0.446. The highest BCUT2D eigenvalue weighted by Crippen LogP contribution is 2.31. The summed E-state index contributed by atoms with van der Waals surface area (Å²) in [5.74, 6) is -2.23. The van der Waals surface area contributed by atoms with Crippen molar-refractivity contribution in [3.63, 3.8) is 0 Å². The molecule has 0 aliphatic carbocycles. The number of phenols is 1. The second kappa shape index (κ2) is 4.33. The zero-order valence-electron chi connectivity index (χ0n) is 8.65. The normalized spacial score (nSPS) is 10.2. The van der Waals surface area contributed by atoms with Gasteiger partial charge in [-0.25, -0.2) is 8.78 Å². The van der Waals surface area contributed by atoms with Gasteiger partial charge in [0.1, 0.15) is 5.82 Å². The number of halogens is 2. The van der Waals surface area contributed by atoms with Crippen molar-refractivity contribution in [2.24, 2.45) is 0 Å². The third-order valence-corrected chi connectivity index (χ3v) is 2.42. The molecular weight excluding hydrogens is 226 g/mol. The number of aldehydes is 1. The van der Waals surface area contributed by atoms with E-state index in [9.17, 15) is 18.7 Å². The Morgan fingerprint density at radius 3 is 2.47 bits per heavy atom. The zero-order chi connectivity index (χ0) is 12.4. The lowest BCUT2D eigenvalue weighted by Crippen LogP contribution is -1.94. The third-order valence-electron chi connectivity index (χ3n) is 2.42. The molecule has 2 aromatic carbocycles. The smallest absolute Gasteiger partial charge is 0.172 e. The number of carbonyl (C=O) groups is 1. The summed E-state index contributed by atoms with van der Waals surface area (Å²) in [5, 5.41) is 9.23. The number of phenolic OH excluding ortho intramolecular Hbond substituents is 1. The van der Waals surface area contributed by atoms with Gasteiger partial charge in [0, 0.05) is 16.7 Å². The van der Waals surface area contributed by atoms with Crippen LogP contribution in [-0.4, -0.2) is 11.4 Å². The van der Waals surface area contributed by atoms with Gasteiger partial charge in [-0.05, 0) is 12.1 Å². The molecule has 0 fully saturated rings. The molecule has 2 nitrogen and oxygen atoms in total. The van der Waals surface area contributed by atoms with Gasteiger partial charge in [0.05, 0.1) is 0 Å². The quantitative estimate of drug-likeness (QED) is 0.810. The Morgan fingerprint density at radius 2 is 1.76 bits per heavy atom. The van der Waals surface area contributed by atoms with Gasteiger partial charge < -0.3 is 5.11 Å². The van der Waals surface area contributed by atoms with Gasteiger partial charge in [0.25, 0.3) is 0 Å². The van der Waals surface area contributed by atoms with Crippen LogP contribution in [0.5, 0.6) is 5.75 Å². The molecule has 2 rings (SSSR count). The van der Waals surface area contributed by atoms with Crippen molar-refractivity contribution in [3.8, 4) is 16.9 Å². The second-order valence-corrected chi connectivity index (χ2v) is 3.46. The van der Waals surface area contributed by atoms with Crippen LogP contribution in [-0.2, 0) is 0 Å². The van der Waals surface area contributed by atoms with E-state index in [1.54, 1.807) is 0 Å². The van der Waals surface area contributed by atoms with Crippen molar-refractivity contribution >= 4 is 6.29 Å². The van der Waals surface area contributed by atoms with Crippen LogP contribution in [0, 0.1) is 11.6 Å². The van der Waals surface area contributed by atoms with E-state index >= 15 is 0 Å². The number of hydrogen-bond donors (Lipinski definition) is 1. The lowest BCUT2D eigenvalue weighted by atomic mass is 9.99. The Hall–Kier alpha value is -2.23. The molecule has 0 aromatic heterocycles. The zero-order valence-corrected chi connectivity index (χ0v) is 8.65. The summed E-state index contributed by atoms with van der Waals surface area (Å²) in [6, 6.07) is 7.72. The fourth-order valence-electron chi connectivity index (χ4n) is 1.64. The van der Waals surface area contributed by atoms with Gasteiger partial charge in [-0.2, -0.15) is 0 Å². The first-order chi connectivity index (χ1) is 8.15. The van der Waals surface area contributed by atoms with Gasteiger partial charge in [-0.15, -0.1) is 0 Å². The fraction of sp³-hybridized carbons (Fsp3) is 0. The first-order valence-corrected chi connectivity index (χ1v) is 4.86. The Labute approximate surface area is 96.1 Å². The predicted molar refractivity (Wildman–Crippen MR) is 58.8 cm³/mol. The van der Waals surface area contributed by atoms with E-state index in [0.29, 0.717) is 6.29 Å². The largest absolute Gasteiger partial charge is 0.505 e. The number of aromatic hydroxyl groups is 1. The van der Waals surface area contributed by atoms with Crippen molar-refractivity contribution in [1.82, 2.24) is 0 Å². The molecule has 0 amide bonds. The van der Waals surface area contributed by atoms with E-state index < -0.39 is 17.4 Å². The van der Waals surface area contributed by atoms with Gasteiger partial charge in [0.2, 0.25) is 0 Å². The van der Waals surface area contributed by atoms with Crippen LogP contribution in [0.3, 0.4) is 0 Å². The molecule has 0 radical (unpaired) electrons. The average Bonchev–Trinajstić information content (AvgIpc) is 2.33. The van der Waals surface area contributed by atoms with Crippen LogP contribution < -0.4 is 0 Å². The minimum absolute atomic E-state index is 0.0366. The van der Waals surface area contributed by atoms with Gasteiger partial charge in [-0.3, -0.25) is 4.79 Å². The molecular formula is C13H8F2O2. The van der Waals surface area contributed by atoms with E-state index in [1.165, 1.54) is 24.3 Å². The molecule has 0 saturated heterocycles. The molecule has 0 unspecified atom stereocenters.